The first-order chi connectivity index (χ1) is 13.4. The van der Waals surface area contributed by atoms with Gasteiger partial charge < -0.3 is 10.1 Å². The van der Waals surface area contributed by atoms with E-state index in [1.807, 2.05) is 0 Å². The van der Waals surface area contributed by atoms with Crippen molar-refractivity contribution in [3.05, 3.63) is 62.8 Å². The lowest BCUT2D eigenvalue weighted by Crippen LogP contribution is -2.38. The van der Waals surface area contributed by atoms with E-state index in [-0.39, 0.29) is 18.2 Å². The van der Waals surface area contributed by atoms with Crippen LogP contribution in [-0.4, -0.2) is 24.1 Å². The van der Waals surface area contributed by atoms with Gasteiger partial charge in [-0.15, -0.1) is 0 Å². The average Bonchev–Trinajstić information content (AvgIpc) is 3.46. The molecule has 9 heteroatoms. The van der Waals surface area contributed by atoms with Crippen molar-refractivity contribution in [3.8, 4) is 5.75 Å². The van der Waals surface area contributed by atoms with Crippen LogP contribution >= 0.6 is 27.5 Å². The van der Waals surface area contributed by atoms with Gasteiger partial charge in [-0.1, -0.05) is 17.7 Å². The molecule has 0 saturated heterocycles. The van der Waals surface area contributed by atoms with Crippen molar-refractivity contribution in [2.45, 2.75) is 25.5 Å². The first kappa shape index (κ1) is 20.3. The molecular weight excluding hydrogens is 453 g/mol. The molecule has 28 heavy (non-hydrogen) atoms. The van der Waals surface area contributed by atoms with Crippen LogP contribution in [0.1, 0.15) is 24.0 Å². The molecule has 6 nitrogen and oxygen atoms in total. The van der Waals surface area contributed by atoms with Crippen LogP contribution in [0.4, 0.5) is 4.39 Å². The van der Waals surface area contributed by atoms with Crippen LogP contribution in [0.5, 0.6) is 5.75 Å². The van der Waals surface area contributed by atoms with Gasteiger partial charge in [0, 0.05) is 11.6 Å². The van der Waals surface area contributed by atoms with Gasteiger partial charge >= 0.3 is 11.8 Å². The van der Waals surface area contributed by atoms with E-state index in [4.69, 9.17) is 16.3 Å². The lowest BCUT2D eigenvalue weighted by Gasteiger charge is -2.10. The van der Waals surface area contributed by atoms with Crippen LogP contribution < -0.4 is 15.5 Å². The predicted octanol–water partition coefficient (Wildman–Crippen LogP) is 3.55. The van der Waals surface area contributed by atoms with Gasteiger partial charge in [0.15, 0.2) is 0 Å². The second kappa shape index (κ2) is 9.16. The average molecular weight is 469 g/mol. The smallest absolute Gasteiger partial charge is 0.329 e. The Morgan fingerprint density at radius 2 is 2.07 bits per heavy atom. The normalized spacial score (nSPS) is 13.4. The van der Waals surface area contributed by atoms with Crippen molar-refractivity contribution in [1.29, 1.82) is 0 Å². The molecule has 1 aliphatic carbocycles. The maximum atomic E-state index is 13.8. The fourth-order valence-electron chi connectivity index (χ4n) is 2.23. The minimum atomic E-state index is -0.816. The van der Waals surface area contributed by atoms with Gasteiger partial charge in [-0.3, -0.25) is 9.59 Å². The van der Waals surface area contributed by atoms with Gasteiger partial charge in [-0.05, 0) is 64.7 Å². The minimum absolute atomic E-state index is 0.0241. The Morgan fingerprint density at radius 1 is 1.29 bits per heavy atom. The maximum absolute atomic E-state index is 13.8. The highest BCUT2D eigenvalue weighted by molar-refractivity contribution is 9.10. The summed E-state index contributed by atoms with van der Waals surface area (Å²) in [5.41, 5.74) is 3.10. The van der Waals surface area contributed by atoms with E-state index in [2.05, 4.69) is 31.8 Å². The number of nitrogens with one attached hydrogen (secondary N) is 2. The number of hydrogen-bond donors (Lipinski definition) is 2. The Kier molecular flexibility index (Phi) is 6.64. The molecule has 0 spiro atoms. The first-order valence-electron chi connectivity index (χ1n) is 8.43. The summed E-state index contributed by atoms with van der Waals surface area (Å²) >= 11 is 9.36. The summed E-state index contributed by atoms with van der Waals surface area (Å²) in [4.78, 5) is 23.1. The molecule has 3 rings (SSSR count). The quantitative estimate of drug-likeness (QED) is 0.387. The summed E-state index contributed by atoms with van der Waals surface area (Å²) < 4.78 is 20.0. The number of carbonyl (C=O) groups excluding carboxylic acids is 2. The number of benzene rings is 2. The number of hydrogen-bond acceptors (Lipinski definition) is 4. The number of nitrogens with zero attached hydrogens (tertiary/aromatic N) is 1. The molecule has 1 saturated carbocycles. The zero-order valence-electron chi connectivity index (χ0n) is 14.5. The summed E-state index contributed by atoms with van der Waals surface area (Å²) in [6.07, 6.45) is 3.19. The molecule has 2 aromatic rings. The Hall–Kier alpha value is -2.45. The molecule has 0 radical (unpaired) electrons. The fraction of sp³-hybridized carbons (Fsp3) is 0.211. The van der Waals surface area contributed by atoms with Gasteiger partial charge in [0.1, 0.15) is 18.2 Å². The molecule has 0 aromatic heterocycles. The molecule has 2 N–H and O–H groups in total. The number of hydrazone groups is 1. The summed E-state index contributed by atoms with van der Waals surface area (Å²) in [5, 5.41) is 6.63. The summed E-state index contributed by atoms with van der Waals surface area (Å²) in [7, 11) is 0. The Morgan fingerprint density at radius 3 is 2.75 bits per heavy atom. The molecule has 0 bridgehead atoms. The monoisotopic (exact) mass is 467 g/mol. The number of amides is 2. The Bertz CT molecular complexity index is 914. The topological polar surface area (TPSA) is 79.8 Å². The fourth-order valence-corrected chi connectivity index (χ4v) is 2.96. The van der Waals surface area contributed by atoms with E-state index in [0.717, 1.165) is 12.8 Å². The Balaban J connectivity index is 1.56. The van der Waals surface area contributed by atoms with Crippen molar-refractivity contribution in [1.82, 2.24) is 10.7 Å². The number of halogens is 3. The summed E-state index contributed by atoms with van der Waals surface area (Å²) in [5.74, 6) is -1.46. The van der Waals surface area contributed by atoms with Crippen molar-refractivity contribution in [3.63, 3.8) is 0 Å². The van der Waals surface area contributed by atoms with E-state index in [0.29, 0.717) is 20.8 Å². The van der Waals surface area contributed by atoms with Crippen LogP contribution in [0.15, 0.2) is 46.0 Å². The van der Waals surface area contributed by atoms with Crippen molar-refractivity contribution >= 4 is 45.6 Å². The first-order valence-corrected chi connectivity index (χ1v) is 9.60. The third kappa shape index (κ3) is 5.53. The van der Waals surface area contributed by atoms with Crippen molar-refractivity contribution < 1.29 is 18.7 Å². The third-order valence-corrected chi connectivity index (χ3v) is 4.86. The lowest BCUT2D eigenvalue weighted by molar-refractivity contribution is -0.139. The van der Waals surface area contributed by atoms with E-state index in [1.54, 1.807) is 24.3 Å². The number of rotatable bonds is 6. The van der Waals surface area contributed by atoms with Crippen molar-refractivity contribution in [2.75, 3.05) is 0 Å². The molecule has 0 aliphatic heterocycles. The molecule has 2 amide bonds. The predicted molar refractivity (Wildman–Crippen MR) is 107 cm³/mol. The Labute approximate surface area is 174 Å². The zero-order valence-corrected chi connectivity index (χ0v) is 16.9. The molecule has 1 fully saturated rings. The number of carbonyl (C=O) groups is 2. The van der Waals surface area contributed by atoms with Gasteiger partial charge in [-0.2, -0.15) is 5.10 Å². The standard InChI is InChI=1S/C19H16BrClFN3O3/c20-14-8-11(9-23-25-19(27)18(26)24-12-5-6-12)4-7-17(14)28-10-13-15(21)2-1-3-16(13)22/h1-4,7-9,12H,5-6,10H2,(H,24,26)(H,25,27)/b23-9-. The van der Waals surface area contributed by atoms with Crippen LogP contribution in [0.3, 0.4) is 0 Å². The van der Waals surface area contributed by atoms with Crippen LogP contribution in [0.25, 0.3) is 0 Å². The minimum Gasteiger partial charge on any atom is -0.488 e. The highest BCUT2D eigenvalue weighted by Crippen LogP contribution is 2.28. The molecule has 2 aromatic carbocycles. The molecule has 0 heterocycles. The van der Waals surface area contributed by atoms with E-state index in [9.17, 15) is 14.0 Å². The van der Waals surface area contributed by atoms with E-state index < -0.39 is 17.6 Å². The van der Waals surface area contributed by atoms with Crippen molar-refractivity contribution in [2.24, 2.45) is 5.10 Å². The van der Waals surface area contributed by atoms with Gasteiger partial charge in [-0.25, -0.2) is 9.82 Å². The maximum Gasteiger partial charge on any atom is 0.329 e. The van der Waals surface area contributed by atoms with Crippen LogP contribution in [0.2, 0.25) is 5.02 Å². The summed E-state index contributed by atoms with van der Waals surface area (Å²) in [6.45, 7) is -0.0241. The highest BCUT2D eigenvalue weighted by atomic mass is 79.9. The SMILES string of the molecule is O=C(N/N=C\c1ccc(OCc2c(F)cccc2Cl)c(Br)c1)C(=O)NC1CC1. The van der Waals surface area contributed by atoms with Gasteiger partial charge in [0.25, 0.3) is 0 Å². The molecule has 0 unspecified atom stereocenters. The molecular formula is C19H16BrClFN3O3. The zero-order chi connectivity index (χ0) is 20.1. The van der Waals surface area contributed by atoms with Gasteiger partial charge in [0.05, 0.1) is 15.7 Å². The molecule has 0 atom stereocenters. The second-order valence-corrected chi connectivity index (χ2v) is 7.39. The lowest BCUT2D eigenvalue weighted by atomic mass is 10.2. The van der Waals surface area contributed by atoms with E-state index in [1.165, 1.54) is 18.3 Å². The number of ether oxygens (including phenoxy) is 1. The second-order valence-electron chi connectivity index (χ2n) is 6.13. The molecule has 146 valence electrons. The third-order valence-electron chi connectivity index (χ3n) is 3.89. The highest BCUT2D eigenvalue weighted by Gasteiger charge is 2.26. The van der Waals surface area contributed by atoms with Crippen LogP contribution in [-0.2, 0) is 16.2 Å². The van der Waals surface area contributed by atoms with Gasteiger partial charge in [0.2, 0.25) is 0 Å². The summed E-state index contributed by atoms with van der Waals surface area (Å²) in [6, 6.07) is 9.61. The van der Waals surface area contributed by atoms with E-state index >= 15 is 0 Å². The largest absolute Gasteiger partial charge is 0.488 e. The molecule has 1 aliphatic rings. The van der Waals surface area contributed by atoms with Crippen LogP contribution in [0, 0.1) is 5.82 Å².